The zero-order chi connectivity index (χ0) is 15.4. The number of ether oxygens (including phenoxy) is 1. The van der Waals surface area contributed by atoms with E-state index in [0.29, 0.717) is 11.6 Å². The molecule has 1 aliphatic heterocycles. The third kappa shape index (κ3) is 3.17. The largest absolute Gasteiger partial charge is 0.402 e. The van der Waals surface area contributed by atoms with Gasteiger partial charge in [0.05, 0.1) is 0 Å². The maximum absolute atomic E-state index is 11.9. The van der Waals surface area contributed by atoms with Crippen molar-refractivity contribution in [3.63, 3.8) is 0 Å². The van der Waals surface area contributed by atoms with Crippen LogP contribution in [0.3, 0.4) is 0 Å². The van der Waals surface area contributed by atoms with Crippen LogP contribution in [0.15, 0.2) is 53.3 Å². The fraction of sp³-hybridized carbons (Fsp3) is 0.222. The second kappa shape index (κ2) is 6.43. The summed E-state index contributed by atoms with van der Waals surface area (Å²) in [6.07, 6.45) is 6.91. The summed E-state index contributed by atoms with van der Waals surface area (Å²) in [5.74, 6) is -0.0514. The maximum Gasteiger partial charge on any atom is 0.363 e. The van der Waals surface area contributed by atoms with E-state index in [0.717, 1.165) is 17.7 Å². The highest BCUT2D eigenvalue weighted by Crippen LogP contribution is 2.19. The molecular formula is C18H18N2O2. The highest BCUT2D eigenvalue weighted by Gasteiger charge is 2.24. The first-order chi connectivity index (χ1) is 10.8. The number of unbranched alkanes of at least 4 members (excludes halogenated alkanes) is 1. The van der Waals surface area contributed by atoms with Crippen LogP contribution >= 0.6 is 0 Å². The van der Waals surface area contributed by atoms with E-state index < -0.39 is 5.97 Å². The summed E-state index contributed by atoms with van der Waals surface area (Å²) in [5, 5.41) is 0. The number of cyclic esters (lactones) is 1. The van der Waals surface area contributed by atoms with Gasteiger partial charge in [0.15, 0.2) is 5.70 Å². The summed E-state index contributed by atoms with van der Waals surface area (Å²) in [6, 6.07) is 11.8. The van der Waals surface area contributed by atoms with Gasteiger partial charge in [-0.1, -0.05) is 25.5 Å². The van der Waals surface area contributed by atoms with Crippen molar-refractivity contribution in [2.45, 2.75) is 26.2 Å². The number of H-pyrrole nitrogens is 1. The summed E-state index contributed by atoms with van der Waals surface area (Å²) in [6.45, 7) is 2.18. The predicted octanol–water partition coefficient (Wildman–Crippen LogP) is 3.70. The highest BCUT2D eigenvalue weighted by atomic mass is 16.6. The van der Waals surface area contributed by atoms with Crippen LogP contribution in [0.4, 0.5) is 0 Å². The Morgan fingerprint density at radius 2 is 2.05 bits per heavy atom. The van der Waals surface area contributed by atoms with Crippen molar-refractivity contribution in [1.82, 2.24) is 4.98 Å². The van der Waals surface area contributed by atoms with E-state index in [1.807, 2.05) is 24.3 Å². The average molecular weight is 294 g/mol. The molecule has 0 bridgehead atoms. The number of aromatic nitrogens is 1. The van der Waals surface area contributed by atoms with Gasteiger partial charge in [0.2, 0.25) is 5.90 Å². The molecule has 22 heavy (non-hydrogen) atoms. The fourth-order valence-electron chi connectivity index (χ4n) is 2.31. The SMILES string of the molecule is CCCCc1ccc(C2=NC(=Cc3ccc[nH]3)C(=O)O2)cc1. The molecule has 0 radical (unpaired) electrons. The van der Waals surface area contributed by atoms with Gasteiger partial charge >= 0.3 is 5.97 Å². The Morgan fingerprint density at radius 1 is 1.23 bits per heavy atom. The van der Waals surface area contributed by atoms with E-state index >= 15 is 0 Å². The Bertz CT molecular complexity index is 710. The number of carbonyl (C=O) groups excluding carboxylic acids is 1. The van der Waals surface area contributed by atoms with Crippen molar-refractivity contribution in [3.05, 3.63) is 65.1 Å². The zero-order valence-corrected chi connectivity index (χ0v) is 12.5. The topological polar surface area (TPSA) is 54.5 Å². The first-order valence-electron chi connectivity index (χ1n) is 7.51. The van der Waals surface area contributed by atoms with Crippen LogP contribution in [-0.4, -0.2) is 16.9 Å². The summed E-state index contributed by atoms with van der Waals surface area (Å²) in [4.78, 5) is 19.2. The number of aryl methyl sites for hydroxylation is 1. The molecule has 0 amide bonds. The molecule has 0 saturated heterocycles. The van der Waals surface area contributed by atoms with Crippen LogP contribution in [-0.2, 0) is 16.0 Å². The van der Waals surface area contributed by atoms with Gasteiger partial charge in [-0.05, 0) is 48.7 Å². The molecule has 0 unspecified atom stereocenters. The summed E-state index contributed by atoms with van der Waals surface area (Å²) in [5.41, 5.74) is 3.25. The van der Waals surface area contributed by atoms with Crippen molar-refractivity contribution in [1.29, 1.82) is 0 Å². The van der Waals surface area contributed by atoms with Crippen LogP contribution in [0.5, 0.6) is 0 Å². The Hall–Kier alpha value is -2.62. The predicted molar refractivity (Wildman–Crippen MR) is 86.5 cm³/mol. The lowest BCUT2D eigenvalue weighted by molar-refractivity contribution is -0.129. The van der Waals surface area contributed by atoms with E-state index in [9.17, 15) is 4.79 Å². The van der Waals surface area contributed by atoms with E-state index in [2.05, 4.69) is 29.0 Å². The molecule has 0 spiro atoms. The Balaban J connectivity index is 1.79. The lowest BCUT2D eigenvalue weighted by Gasteiger charge is -2.02. The van der Waals surface area contributed by atoms with E-state index in [1.54, 1.807) is 12.3 Å². The monoisotopic (exact) mass is 294 g/mol. The van der Waals surface area contributed by atoms with Gasteiger partial charge < -0.3 is 9.72 Å². The molecule has 2 aromatic rings. The summed E-state index contributed by atoms with van der Waals surface area (Å²) >= 11 is 0. The van der Waals surface area contributed by atoms with Gasteiger partial charge in [0, 0.05) is 17.5 Å². The lowest BCUT2D eigenvalue weighted by atomic mass is 10.1. The Morgan fingerprint density at radius 3 is 2.73 bits per heavy atom. The van der Waals surface area contributed by atoms with Crippen LogP contribution in [0.1, 0.15) is 36.6 Å². The molecule has 4 heteroatoms. The zero-order valence-electron chi connectivity index (χ0n) is 12.5. The molecule has 0 saturated carbocycles. The lowest BCUT2D eigenvalue weighted by Crippen LogP contribution is -2.05. The molecule has 0 aliphatic carbocycles. The van der Waals surface area contributed by atoms with Crippen molar-refractivity contribution >= 4 is 17.9 Å². The van der Waals surface area contributed by atoms with Crippen molar-refractivity contribution in [2.75, 3.05) is 0 Å². The molecular weight excluding hydrogens is 276 g/mol. The number of rotatable bonds is 5. The van der Waals surface area contributed by atoms with Gasteiger partial charge in [-0.25, -0.2) is 9.79 Å². The van der Waals surface area contributed by atoms with Gasteiger partial charge in [0.25, 0.3) is 0 Å². The molecule has 112 valence electrons. The molecule has 1 N–H and O–H groups in total. The van der Waals surface area contributed by atoms with Crippen molar-refractivity contribution in [3.8, 4) is 0 Å². The molecule has 1 aromatic carbocycles. The number of nitrogens with zero attached hydrogens (tertiary/aromatic N) is 1. The van der Waals surface area contributed by atoms with Crippen molar-refractivity contribution < 1.29 is 9.53 Å². The minimum atomic E-state index is -0.417. The molecule has 0 atom stereocenters. The number of aromatic amines is 1. The van der Waals surface area contributed by atoms with Gasteiger partial charge in [-0.2, -0.15) is 0 Å². The number of benzene rings is 1. The number of hydrogen-bond acceptors (Lipinski definition) is 3. The van der Waals surface area contributed by atoms with E-state index in [4.69, 9.17) is 4.74 Å². The van der Waals surface area contributed by atoms with Gasteiger partial charge in [-0.15, -0.1) is 0 Å². The van der Waals surface area contributed by atoms with Crippen LogP contribution in [0.25, 0.3) is 6.08 Å². The second-order valence-corrected chi connectivity index (χ2v) is 5.26. The first-order valence-corrected chi connectivity index (χ1v) is 7.51. The third-order valence-electron chi connectivity index (χ3n) is 3.55. The second-order valence-electron chi connectivity index (χ2n) is 5.26. The average Bonchev–Trinajstić information content (AvgIpc) is 3.17. The third-order valence-corrected chi connectivity index (χ3v) is 3.55. The highest BCUT2D eigenvalue weighted by molar-refractivity contribution is 6.12. The minimum Gasteiger partial charge on any atom is -0.402 e. The van der Waals surface area contributed by atoms with Crippen LogP contribution in [0.2, 0.25) is 0 Å². The number of hydrogen-bond donors (Lipinski definition) is 1. The molecule has 4 nitrogen and oxygen atoms in total. The normalized spacial score (nSPS) is 16.0. The number of nitrogens with one attached hydrogen (secondary N) is 1. The molecule has 1 aliphatic rings. The van der Waals surface area contributed by atoms with Crippen LogP contribution in [0, 0.1) is 0 Å². The minimum absolute atomic E-state index is 0.313. The first kappa shape index (κ1) is 14.3. The number of carbonyl (C=O) groups is 1. The Labute approximate surface area is 129 Å². The Kier molecular flexibility index (Phi) is 4.19. The number of esters is 1. The standard InChI is InChI=1S/C18H18N2O2/c1-2-3-5-13-7-9-14(10-8-13)17-20-16(18(21)22-17)12-15-6-4-11-19-15/h4,6-12,19H,2-3,5H2,1H3. The molecule has 1 aromatic heterocycles. The molecule has 2 heterocycles. The summed E-state index contributed by atoms with van der Waals surface area (Å²) in [7, 11) is 0. The van der Waals surface area contributed by atoms with E-state index in [1.165, 1.54) is 18.4 Å². The van der Waals surface area contributed by atoms with Crippen molar-refractivity contribution in [2.24, 2.45) is 4.99 Å². The number of aliphatic imine (C=N–C) groups is 1. The van der Waals surface area contributed by atoms with E-state index in [-0.39, 0.29) is 0 Å². The quantitative estimate of drug-likeness (QED) is 0.675. The fourth-order valence-corrected chi connectivity index (χ4v) is 2.31. The van der Waals surface area contributed by atoms with Crippen LogP contribution < -0.4 is 0 Å². The maximum atomic E-state index is 11.9. The molecule has 0 fully saturated rings. The molecule has 3 rings (SSSR count). The van der Waals surface area contributed by atoms with Gasteiger partial charge in [-0.3, -0.25) is 0 Å². The smallest absolute Gasteiger partial charge is 0.363 e. The summed E-state index contributed by atoms with van der Waals surface area (Å²) < 4.78 is 5.26. The van der Waals surface area contributed by atoms with Gasteiger partial charge in [0.1, 0.15) is 0 Å².